The highest BCUT2D eigenvalue weighted by atomic mass is 32.2. The van der Waals surface area contributed by atoms with E-state index in [0.717, 1.165) is 22.9 Å². The number of non-ortho nitro benzene ring substituents is 1. The van der Waals surface area contributed by atoms with E-state index in [1.165, 1.54) is 12.1 Å². The van der Waals surface area contributed by atoms with Crippen LogP contribution in [-0.2, 0) is 20.7 Å². The van der Waals surface area contributed by atoms with Crippen LogP contribution in [0.3, 0.4) is 0 Å². The quantitative estimate of drug-likeness (QED) is 0.380. The largest absolute Gasteiger partial charge is 0.358 e. The number of aryl methyl sites for hydroxylation is 1. The summed E-state index contributed by atoms with van der Waals surface area (Å²) in [6.07, 6.45) is 2.16. The number of aromatic nitrogens is 1. The average Bonchev–Trinajstić information content (AvgIpc) is 2.75. The van der Waals surface area contributed by atoms with Gasteiger partial charge < -0.3 is 4.98 Å². The Morgan fingerprint density at radius 1 is 1.35 bits per heavy atom. The third-order valence-corrected chi connectivity index (χ3v) is 3.35. The van der Waals surface area contributed by atoms with Gasteiger partial charge in [0, 0.05) is 28.7 Å². The van der Waals surface area contributed by atoms with Crippen molar-refractivity contribution in [2.75, 3.05) is 12.9 Å². The number of benzene rings is 1. The number of rotatable bonds is 6. The van der Waals surface area contributed by atoms with Gasteiger partial charge in [0.2, 0.25) is 0 Å². The Kier molecular flexibility index (Phi) is 4.05. The van der Waals surface area contributed by atoms with Gasteiger partial charge in [-0.15, -0.1) is 0 Å². The second-order valence-electron chi connectivity index (χ2n) is 4.45. The molecule has 0 amide bonds. The van der Waals surface area contributed by atoms with Crippen molar-refractivity contribution in [3.8, 4) is 0 Å². The topological polar surface area (TPSA) is 102 Å². The zero-order valence-corrected chi connectivity index (χ0v) is 11.6. The van der Waals surface area contributed by atoms with Crippen molar-refractivity contribution >= 4 is 26.7 Å². The summed E-state index contributed by atoms with van der Waals surface area (Å²) >= 11 is 0. The molecule has 0 atom stereocenters. The summed E-state index contributed by atoms with van der Waals surface area (Å²) in [6, 6.07) is 6.42. The van der Waals surface area contributed by atoms with Gasteiger partial charge >= 0.3 is 0 Å². The number of hydrogen-bond donors (Lipinski definition) is 1. The first-order valence-corrected chi connectivity index (χ1v) is 7.77. The average molecular weight is 298 g/mol. The Morgan fingerprint density at radius 3 is 2.75 bits per heavy atom. The normalized spacial score (nSPS) is 11.8. The Labute approximate surface area is 115 Å². The molecule has 2 rings (SSSR count). The van der Waals surface area contributed by atoms with E-state index < -0.39 is 15.0 Å². The minimum atomic E-state index is -3.40. The van der Waals surface area contributed by atoms with E-state index in [9.17, 15) is 18.5 Å². The molecule has 8 heteroatoms. The number of nitrogens with one attached hydrogen (secondary N) is 1. The van der Waals surface area contributed by atoms with E-state index in [1.54, 1.807) is 6.07 Å². The van der Waals surface area contributed by atoms with Gasteiger partial charge in [0.1, 0.15) is 0 Å². The Morgan fingerprint density at radius 2 is 2.10 bits per heavy atom. The molecule has 2 aromatic rings. The highest BCUT2D eigenvalue weighted by Crippen LogP contribution is 2.22. The predicted molar refractivity (Wildman–Crippen MR) is 74.1 cm³/mol. The molecule has 0 aliphatic heterocycles. The highest BCUT2D eigenvalue weighted by molar-refractivity contribution is 7.85. The van der Waals surface area contributed by atoms with Crippen LogP contribution in [0.25, 0.3) is 10.9 Å². The van der Waals surface area contributed by atoms with Crippen molar-refractivity contribution in [3.63, 3.8) is 0 Å². The number of nitro benzene ring substituents is 1. The molecule has 1 N–H and O–H groups in total. The molecular formula is C12H14N2O5S. The lowest BCUT2D eigenvalue weighted by Gasteiger charge is -1.99. The summed E-state index contributed by atoms with van der Waals surface area (Å²) in [5, 5.41) is 11.4. The van der Waals surface area contributed by atoms with Crippen molar-refractivity contribution in [1.29, 1.82) is 0 Å². The Balaban J connectivity index is 2.03. The molecule has 0 saturated carbocycles. The fraction of sp³-hybridized carbons (Fsp3) is 0.333. The highest BCUT2D eigenvalue weighted by Gasteiger charge is 2.08. The van der Waals surface area contributed by atoms with Crippen LogP contribution in [0.2, 0.25) is 0 Å². The predicted octanol–water partition coefficient (Wildman–Crippen LogP) is 1.98. The minimum absolute atomic E-state index is 0.0449. The molecular weight excluding hydrogens is 284 g/mol. The molecule has 0 saturated heterocycles. The van der Waals surface area contributed by atoms with E-state index in [1.807, 2.05) is 6.07 Å². The molecule has 1 heterocycles. The molecule has 0 aliphatic carbocycles. The van der Waals surface area contributed by atoms with Crippen LogP contribution in [0.5, 0.6) is 0 Å². The van der Waals surface area contributed by atoms with Gasteiger partial charge in [-0.2, -0.15) is 8.42 Å². The maximum absolute atomic E-state index is 10.8. The second kappa shape index (κ2) is 5.59. The first-order chi connectivity index (χ1) is 9.35. The smallest absolute Gasteiger partial charge is 0.270 e. The molecule has 0 radical (unpaired) electrons. The van der Waals surface area contributed by atoms with Gasteiger partial charge in [-0.25, -0.2) is 0 Å². The number of H-pyrrole nitrogens is 1. The maximum atomic E-state index is 10.8. The summed E-state index contributed by atoms with van der Waals surface area (Å²) in [7, 11) is -3.40. The number of fused-ring (bicyclic) bond motifs is 1. The minimum Gasteiger partial charge on any atom is -0.358 e. The van der Waals surface area contributed by atoms with Crippen LogP contribution in [0.15, 0.2) is 24.3 Å². The van der Waals surface area contributed by atoms with Crippen molar-refractivity contribution in [2.24, 2.45) is 0 Å². The summed E-state index contributed by atoms with van der Waals surface area (Å²) in [6.45, 7) is 0.119. The molecule has 0 aliphatic rings. The standard InChI is InChI=1S/C12H14N2O5S/c1-20(17,18)19-6-2-3-10-7-9-8-11(14(15)16)4-5-12(9)13-10/h4-5,7-8,13H,2-3,6H2,1H3. The third-order valence-electron chi connectivity index (χ3n) is 2.76. The van der Waals surface area contributed by atoms with E-state index in [4.69, 9.17) is 0 Å². The van der Waals surface area contributed by atoms with Gasteiger partial charge in [0.05, 0.1) is 17.8 Å². The lowest BCUT2D eigenvalue weighted by molar-refractivity contribution is -0.384. The summed E-state index contributed by atoms with van der Waals surface area (Å²) in [4.78, 5) is 13.4. The van der Waals surface area contributed by atoms with Crippen LogP contribution in [0.1, 0.15) is 12.1 Å². The molecule has 0 spiro atoms. The number of nitrogens with zero attached hydrogens (tertiary/aromatic N) is 1. The fourth-order valence-electron chi connectivity index (χ4n) is 1.90. The molecule has 0 fully saturated rings. The van der Waals surface area contributed by atoms with E-state index >= 15 is 0 Å². The van der Waals surface area contributed by atoms with Crippen LogP contribution in [0.4, 0.5) is 5.69 Å². The van der Waals surface area contributed by atoms with Gasteiger partial charge in [-0.1, -0.05) is 0 Å². The van der Waals surface area contributed by atoms with Crippen molar-refractivity contribution in [2.45, 2.75) is 12.8 Å². The fourth-order valence-corrected chi connectivity index (χ4v) is 2.32. The lowest BCUT2D eigenvalue weighted by atomic mass is 10.2. The second-order valence-corrected chi connectivity index (χ2v) is 6.10. The molecule has 7 nitrogen and oxygen atoms in total. The monoisotopic (exact) mass is 298 g/mol. The SMILES string of the molecule is CS(=O)(=O)OCCCc1cc2cc([N+](=O)[O-])ccc2[nH]1. The molecule has 1 aromatic heterocycles. The number of nitro groups is 1. The molecule has 1 aromatic carbocycles. The zero-order valence-electron chi connectivity index (χ0n) is 10.8. The van der Waals surface area contributed by atoms with Crippen molar-refractivity contribution in [3.05, 3.63) is 40.1 Å². The van der Waals surface area contributed by atoms with Crippen LogP contribution >= 0.6 is 0 Å². The first-order valence-electron chi connectivity index (χ1n) is 5.95. The maximum Gasteiger partial charge on any atom is 0.270 e. The lowest BCUT2D eigenvalue weighted by Crippen LogP contribution is -2.04. The van der Waals surface area contributed by atoms with Gasteiger partial charge in [0.25, 0.3) is 15.8 Å². The van der Waals surface area contributed by atoms with E-state index in [0.29, 0.717) is 12.8 Å². The first kappa shape index (κ1) is 14.5. The van der Waals surface area contributed by atoms with Gasteiger partial charge in [-0.05, 0) is 25.0 Å². The van der Waals surface area contributed by atoms with Crippen molar-refractivity contribution < 1.29 is 17.5 Å². The number of hydrogen-bond acceptors (Lipinski definition) is 5. The Hall–Kier alpha value is -1.93. The molecule has 108 valence electrons. The molecule has 0 unspecified atom stereocenters. The van der Waals surface area contributed by atoms with Gasteiger partial charge in [-0.3, -0.25) is 14.3 Å². The number of aromatic amines is 1. The van der Waals surface area contributed by atoms with Gasteiger partial charge in [0.15, 0.2) is 0 Å². The summed E-state index contributed by atoms with van der Waals surface area (Å²) < 4.78 is 26.2. The Bertz CT molecular complexity index is 735. The van der Waals surface area contributed by atoms with Crippen LogP contribution < -0.4 is 0 Å². The van der Waals surface area contributed by atoms with Crippen molar-refractivity contribution in [1.82, 2.24) is 4.98 Å². The summed E-state index contributed by atoms with van der Waals surface area (Å²) in [5.41, 5.74) is 1.75. The van der Waals surface area contributed by atoms with E-state index in [2.05, 4.69) is 9.17 Å². The van der Waals surface area contributed by atoms with Crippen LogP contribution in [0, 0.1) is 10.1 Å². The third kappa shape index (κ3) is 3.78. The summed E-state index contributed by atoms with van der Waals surface area (Å²) in [5.74, 6) is 0. The van der Waals surface area contributed by atoms with E-state index in [-0.39, 0.29) is 12.3 Å². The molecule has 0 bridgehead atoms. The molecule has 20 heavy (non-hydrogen) atoms. The zero-order chi connectivity index (χ0) is 14.8. The van der Waals surface area contributed by atoms with Crippen LogP contribution in [-0.4, -0.2) is 31.2 Å².